The summed E-state index contributed by atoms with van der Waals surface area (Å²) in [6, 6.07) is 11.6. The van der Waals surface area contributed by atoms with E-state index in [1.165, 1.54) is 5.57 Å². The van der Waals surface area contributed by atoms with Crippen LogP contribution in [0.2, 0.25) is 0 Å². The number of rotatable bonds is 4. The number of hydrogen-bond acceptors (Lipinski definition) is 3. The molecule has 0 spiro atoms. The molecular formula is C25H27NO3. The lowest BCUT2D eigenvalue weighted by Gasteiger charge is -2.36. The number of ether oxygens (including phenoxy) is 1. The number of aliphatic hydroxyl groups is 1. The van der Waals surface area contributed by atoms with Crippen molar-refractivity contribution in [3.63, 3.8) is 0 Å². The van der Waals surface area contributed by atoms with Crippen LogP contribution >= 0.6 is 0 Å². The molecule has 2 aliphatic rings. The second kappa shape index (κ2) is 7.53. The van der Waals surface area contributed by atoms with Gasteiger partial charge in [0.1, 0.15) is 12.7 Å². The molecule has 4 rings (SSSR count). The molecule has 0 aromatic heterocycles. The average molecular weight is 389 g/mol. The van der Waals surface area contributed by atoms with E-state index in [9.17, 15) is 9.90 Å². The number of hydrogen-bond donors (Lipinski definition) is 2. The van der Waals surface area contributed by atoms with E-state index in [4.69, 9.17) is 4.74 Å². The van der Waals surface area contributed by atoms with E-state index in [1.807, 2.05) is 49.4 Å². The lowest BCUT2D eigenvalue weighted by molar-refractivity contribution is 0.0956. The standard InChI is InChI=1S/C25H27NO3/c1-4-26-24(28)19-8-6-16-13-18(7-5-17(16)14-19)23(27)21-9-11-25(2,3)22-15-29-12-10-20(21)22/h5-10,12-14,23,27H,4,11,15H2,1-3H3,(H,26,28). The number of nitrogens with one attached hydrogen (secondary N) is 1. The minimum atomic E-state index is -0.702. The molecule has 0 saturated heterocycles. The summed E-state index contributed by atoms with van der Waals surface area (Å²) in [4.78, 5) is 12.1. The highest BCUT2D eigenvalue weighted by atomic mass is 16.5. The monoisotopic (exact) mass is 389 g/mol. The molecule has 1 aliphatic heterocycles. The molecule has 1 aliphatic carbocycles. The van der Waals surface area contributed by atoms with Gasteiger partial charge >= 0.3 is 0 Å². The zero-order valence-corrected chi connectivity index (χ0v) is 17.2. The van der Waals surface area contributed by atoms with Crippen LogP contribution in [0.25, 0.3) is 10.8 Å². The van der Waals surface area contributed by atoms with Crippen LogP contribution in [0, 0.1) is 5.41 Å². The second-order valence-corrected chi connectivity index (χ2v) is 8.34. The van der Waals surface area contributed by atoms with Crippen LogP contribution in [0.4, 0.5) is 0 Å². The molecule has 2 aromatic carbocycles. The highest BCUT2D eigenvalue weighted by Gasteiger charge is 2.33. The zero-order valence-electron chi connectivity index (χ0n) is 17.2. The first-order chi connectivity index (χ1) is 13.9. The molecule has 2 N–H and O–H groups in total. The number of fused-ring (bicyclic) bond motifs is 1. The summed E-state index contributed by atoms with van der Waals surface area (Å²) >= 11 is 0. The van der Waals surface area contributed by atoms with Crippen molar-refractivity contribution in [1.29, 1.82) is 0 Å². The van der Waals surface area contributed by atoms with E-state index in [0.717, 1.165) is 33.9 Å². The Balaban J connectivity index is 1.67. The fourth-order valence-corrected chi connectivity index (χ4v) is 4.13. The van der Waals surface area contributed by atoms with Gasteiger partial charge < -0.3 is 15.2 Å². The summed E-state index contributed by atoms with van der Waals surface area (Å²) in [5.74, 6) is -0.0701. The Morgan fingerprint density at radius 2 is 1.97 bits per heavy atom. The highest BCUT2D eigenvalue weighted by molar-refractivity contribution is 5.98. The average Bonchev–Trinajstić information content (AvgIpc) is 2.73. The van der Waals surface area contributed by atoms with Crippen LogP contribution in [0.15, 0.2) is 71.5 Å². The van der Waals surface area contributed by atoms with Crippen molar-refractivity contribution in [3.8, 4) is 0 Å². The van der Waals surface area contributed by atoms with Crippen LogP contribution in [0.1, 0.15) is 49.2 Å². The first-order valence-corrected chi connectivity index (χ1v) is 10.1. The van der Waals surface area contributed by atoms with Crippen molar-refractivity contribution < 1.29 is 14.6 Å². The Bertz CT molecular complexity index is 1060. The van der Waals surface area contributed by atoms with Gasteiger partial charge in [0.2, 0.25) is 0 Å². The van der Waals surface area contributed by atoms with Crippen molar-refractivity contribution in [3.05, 3.63) is 82.7 Å². The van der Waals surface area contributed by atoms with Crippen LogP contribution in [0.5, 0.6) is 0 Å². The van der Waals surface area contributed by atoms with E-state index >= 15 is 0 Å². The molecular weight excluding hydrogens is 362 g/mol. The summed E-state index contributed by atoms with van der Waals surface area (Å²) in [6.45, 7) is 7.51. The summed E-state index contributed by atoms with van der Waals surface area (Å²) in [6.07, 6.45) is 6.00. The van der Waals surface area contributed by atoms with E-state index in [-0.39, 0.29) is 11.3 Å². The molecule has 4 heteroatoms. The molecule has 0 fully saturated rings. The Labute approximate surface area is 171 Å². The lowest BCUT2D eigenvalue weighted by atomic mass is 9.71. The number of benzene rings is 2. The van der Waals surface area contributed by atoms with Gasteiger partial charge in [-0.05, 0) is 76.1 Å². The minimum Gasteiger partial charge on any atom is -0.497 e. The van der Waals surface area contributed by atoms with E-state index in [0.29, 0.717) is 18.7 Å². The molecule has 150 valence electrons. The summed E-state index contributed by atoms with van der Waals surface area (Å²) in [5, 5.41) is 16.0. The maximum Gasteiger partial charge on any atom is 0.251 e. The topological polar surface area (TPSA) is 58.6 Å². The van der Waals surface area contributed by atoms with Crippen LogP contribution in [0.3, 0.4) is 0 Å². The fourth-order valence-electron chi connectivity index (χ4n) is 4.13. The third-order valence-electron chi connectivity index (χ3n) is 5.92. The Morgan fingerprint density at radius 3 is 2.76 bits per heavy atom. The number of allylic oxidation sites excluding steroid dienone is 2. The molecule has 1 amide bonds. The predicted molar refractivity (Wildman–Crippen MR) is 116 cm³/mol. The van der Waals surface area contributed by atoms with E-state index in [1.54, 1.807) is 6.26 Å². The summed E-state index contributed by atoms with van der Waals surface area (Å²) in [7, 11) is 0. The van der Waals surface area contributed by atoms with Crippen molar-refractivity contribution >= 4 is 16.7 Å². The molecule has 0 saturated carbocycles. The quantitative estimate of drug-likeness (QED) is 0.788. The van der Waals surface area contributed by atoms with Gasteiger partial charge in [0, 0.05) is 12.1 Å². The van der Waals surface area contributed by atoms with Crippen molar-refractivity contribution in [1.82, 2.24) is 5.32 Å². The Hall–Kier alpha value is -2.85. The zero-order chi connectivity index (χ0) is 20.6. The van der Waals surface area contributed by atoms with Gasteiger partial charge in [-0.3, -0.25) is 4.79 Å². The maximum atomic E-state index is 12.1. The van der Waals surface area contributed by atoms with Gasteiger partial charge in [-0.15, -0.1) is 0 Å². The van der Waals surface area contributed by atoms with Crippen LogP contribution in [-0.4, -0.2) is 24.2 Å². The fraction of sp³-hybridized carbons (Fsp3) is 0.320. The Morgan fingerprint density at radius 1 is 1.21 bits per heavy atom. The number of aliphatic hydroxyl groups excluding tert-OH is 1. The molecule has 2 aromatic rings. The molecule has 29 heavy (non-hydrogen) atoms. The van der Waals surface area contributed by atoms with Gasteiger partial charge in [-0.1, -0.05) is 38.1 Å². The first kappa shape index (κ1) is 19.5. The highest BCUT2D eigenvalue weighted by Crippen LogP contribution is 2.45. The second-order valence-electron chi connectivity index (χ2n) is 8.34. The smallest absolute Gasteiger partial charge is 0.251 e. The van der Waals surface area contributed by atoms with E-state index in [2.05, 4.69) is 25.2 Å². The third kappa shape index (κ3) is 3.60. The van der Waals surface area contributed by atoms with Gasteiger partial charge in [0.25, 0.3) is 5.91 Å². The maximum absolute atomic E-state index is 12.1. The predicted octanol–water partition coefficient (Wildman–Crippen LogP) is 4.82. The molecule has 1 heterocycles. The number of carbonyl (C=O) groups is 1. The van der Waals surface area contributed by atoms with E-state index < -0.39 is 6.10 Å². The summed E-state index contributed by atoms with van der Waals surface area (Å²) < 4.78 is 5.53. The molecule has 0 bridgehead atoms. The van der Waals surface area contributed by atoms with Crippen LogP contribution in [-0.2, 0) is 4.74 Å². The van der Waals surface area contributed by atoms with Gasteiger partial charge in [0.05, 0.1) is 6.26 Å². The number of carbonyl (C=O) groups excluding carboxylic acids is 1. The third-order valence-corrected chi connectivity index (χ3v) is 5.92. The SMILES string of the molecule is CCNC(=O)c1ccc2cc(C(O)C3=CCC(C)(C)C4=C3C=COC4)ccc2c1. The molecule has 4 nitrogen and oxygen atoms in total. The van der Waals surface area contributed by atoms with Crippen molar-refractivity contribution in [2.45, 2.75) is 33.3 Å². The van der Waals surface area contributed by atoms with Crippen molar-refractivity contribution in [2.24, 2.45) is 5.41 Å². The molecule has 0 radical (unpaired) electrons. The minimum absolute atomic E-state index is 0.0299. The Kier molecular flexibility index (Phi) is 5.05. The molecule has 1 unspecified atom stereocenters. The number of amides is 1. The van der Waals surface area contributed by atoms with Gasteiger partial charge in [-0.25, -0.2) is 0 Å². The largest absolute Gasteiger partial charge is 0.497 e. The van der Waals surface area contributed by atoms with Crippen molar-refractivity contribution in [2.75, 3.05) is 13.2 Å². The van der Waals surface area contributed by atoms with Gasteiger partial charge in [0.15, 0.2) is 0 Å². The normalized spacial score (nSPS) is 18.7. The lowest BCUT2D eigenvalue weighted by Crippen LogP contribution is -2.26. The first-order valence-electron chi connectivity index (χ1n) is 10.1. The summed E-state index contributed by atoms with van der Waals surface area (Å²) in [5.41, 5.74) is 4.79. The van der Waals surface area contributed by atoms with Crippen LogP contribution < -0.4 is 5.32 Å². The van der Waals surface area contributed by atoms with Gasteiger partial charge in [-0.2, -0.15) is 0 Å². The molecule has 1 atom stereocenters.